The molecular formula is C21H25Cl3N4O4. The molecule has 3 rings (SSSR count). The highest BCUT2D eigenvalue weighted by molar-refractivity contribution is 6.32. The van der Waals surface area contributed by atoms with E-state index in [1.807, 2.05) is 12.1 Å². The molecule has 0 spiro atoms. The van der Waals surface area contributed by atoms with Crippen molar-refractivity contribution in [1.29, 1.82) is 0 Å². The molecular weight excluding hydrogens is 479 g/mol. The van der Waals surface area contributed by atoms with E-state index in [0.29, 0.717) is 74.2 Å². The number of carboxylic acids is 1. The molecule has 0 amide bonds. The third-order valence-electron chi connectivity index (χ3n) is 4.90. The van der Waals surface area contributed by atoms with Crippen LogP contribution in [0.3, 0.4) is 0 Å². The summed E-state index contributed by atoms with van der Waals surface area (Å²) in [6.45, 7) is 2.95. The summed E-state index contributed by atoms with van der Waals surface area (Å²) in [6.07, 6.45) is 1.12. The lowest BCUT2D eigenvalue weighted by molar-refractivity contribution is -0.136. The standard InChI is InChI=1S/C21H25Cl3N4O4/c22-4-1-14-11-16(25-6-3-19(29)30)12-15(2-5-23)20(14)32-18-13-17(21(24)27-26-18)28-7-9-31-10-8-28/h11-13,25H,1-10H2,(H,29,30). The zero-order valence-corrected chi connectivity index (χ0v) is 19.7. The van der Waals surface area contributed by atoms with Gasteiger partial charge in [0, 0.05) is 43.1 Å². The Labute approximate surface area is 201 Å². The number of carbonyl (C=O) groups is 1. The van der Waals surface area contributed by atoms with Crippen LogP contribution in [0.25, 0.3) is 0 Å². The number of halogens is 3. The molecule has 0 atom stereocenters. The fourth-order valence-corrected chi connectivity index (χ4v) is 4.03. The summed E-state index contributed by atoms with van der Waals surface area (Å²) in [7, 11) is 0. The van der Waals surface area contributed by atoms with Gasteiger partial charge in [-0.15, -0.1) is 33.4 Å². The number of hydrogen-bond acceptors (Lipinski definition) is 7. The second-order valence-electron chi connectivity index (χ2n) is 7.13. The van der Waals surface area contributed by atoms with E-state index in [9.17, 15) is 4.79 Å². The lowest BCUT2D eigenvalue weighted by Crippen LogP contribution is -2.36. The van der Waals surface area contributed by atoms with Gasteiger partial charge >= 0.3 is 5.97 Å². The number of rotatable bonds is 11. The highest BCUT2D eigenvalue weighted by Gasteiger charge is 2.19. The minimum atomic E-state index is -0.864. The molecule has 2 heterocycles. The number of nitrogens with one attached hydrogen (secondary N) is 1. The van der Waals surface area contributed by atoms with E-state index in [-0.39, 0.29) is 6.42 Å². The smallest absolute Gasteiger partial charge is 0.305 e. The van der Waals surface area contributed by atoms with Crippen molar-refractivity contribution in [2.24, 2.45) is 0 Å². The van der Waals surface area contributed by atoms with Gasteiger partial charge in [0.05, 0.1) is 25.3 Å². The van der Waals surface area contributed by atoms with Crippen molar-refractivity contribution >= 4 is 52.1 Å². The fraction of sp³-hybridized carbons (Fsp3) is 0.476. The van der Waals surface area contributed by atoms with Gasteiger partial charge in [0.15, 0.2) is 5.15 Å². The minimum Gasteiger partial charge on any atom is -0.481 e. The SMILES string of the molecule is O=C(O)CCNc1cc(CCCl)c(Oc2cc(N3CCOCC3)c(Cl)nn2)c(CCCl)c1. The fourth-order valence-electron chi connectivity index (χ4n) is 3.41. The Morgan fingerprint density at radius 1 is 1.12 bits per heavy atom. The Balaban J connectivity index is 1.90. The van der Waals surface area contributed by atoms with Gasteiger partial charge in [0.25, 0.3) is 0 Å². The molecule has 0 radical (unpaired) electrons. The van der Waals surface area contributed by atoms with Crippen molar-refractivity contribution in [3.63, 3.8) is 0 Å². The van der Waals surface area contributed by atoms with Crippen molar-refractivity contribution in [3.8, 4) is 11.6 Å². The number of ether oxygens (including phenoxy) is 2. The number of benzene rings is 1. The molecule has 1 aromatic heterocycles. The summed E-state index contributed by atoms with van der Waals surface area (Å²) in [6, 6.07) is 5.59. The summed E-state index contributed by atoms with van der Waals surface area (Å²) in [5.74, 6) is 0.854. The number of carboxylic acid groups (broad SMARTS) is 1. The molecule has 8 nitrogen and oxygen atoms in total. The van der Waals surface area contributed by atoms with Gasteiger partial charge in [-0.05, 0) is 36.1 Å². The van der Waals surface area contributed by atoms with Crippen LogP contribution in [-0.2, 0) is 22.4 Å². The van der Waals surface area contributed by atoms with Crippen LogP contribution in [0.1, 0.15) is 17.5 Å². The van der Waals surface area contributed by atoms with E-state index < -0.39 is 5.97 Å². The average molecular weight is 504 g/mol. The quantitative estimate of drug-likeness (QED) is 0.440. The highest BCUT2D eigenvalue weighted by atomic mass is 35.5. The van der Waals surface area contributed by atoms with Gasteiger partial charge in [0.2, 0.25) is 5.88 Å². The maximum atomic E-state index is 10.8. The first-order valence-corrected chi connectivity index (χ1v) is 11.7. The summed E-state index contributed by atoms with van der Waals surface area (Å²) in [4.78, 5) is 12.9. The van der Waals surface area contributed by atoms with Gasteiger partial charge in [-0.2, -0.15) is 0 Å². The minimum absolute atomic E-state index is 0.0125. The monoisotopic (exact) mass is 502 g/mol. The number of aliphatic carboxylic acids is 1. The second kappa shape index (κ2) is 12.3. The van der Waals surface area contributed by atoms with E-state index in [4.69, 9.17) is 49.4 Å². The normalized spacial score (nSPS) is 13.8. The average Bonchev–Trinajstić information content (AvgIpc) is 2.78. The predicted octanol–water partition coefficient (Wildman–Crippen LogP) is 4.21. The van der Waals surface area contributed by atoms with Crippen molar-refractivity contribution in [2.45, 2.75) is 19.3 Å². The van der Waals surface area contributed by atoms with Crippen LogP contribution in [0, 0.1) is 0 Å². The molecule has 2 N–H and O–H groups in total. The van der Waals surface area contributed by atoms with Crippen LogP contribution >= 0.6 is 34.8 Å². The molecule has 0 saturated carbocycles. The molecule has 1 aliphatic rings. The van der Waals surface area contributed by atoms with E-state index in [1.165, 1.54) is 0 Å². The largest absolute Gasteiger partial charge is 0.481 e. The number of nitrogens with zero attached hydrogens (tertiary/aromatic N) is 3. The van der Waals surface area contributed by atoms with Gasteiger partial charge in [-0.3, -0.25) is 4.79 Å². The van der Waals surface area contributed by atoms with Crippen LogP contribution in [0.15, 0.2) is 18.2 Å². The maximum absolute atomic E-state index is 10.8. The van der Waals surface area contributed by atoms with Crippen molar-refractivity contribution < 1.29 is 19.4 Å². The van der Waals surface area contributed by atoms with Crippen LogP contribution in [0.2, 0.25) is 5.15 Å². The van der Waals surface area contributed by atoms with Crippen LogP contribution in [0.5, 0.6) is 11.6 Å². The zero-order valence-electron chi connectivity index (χ0n) is 17.5. The molecule has 0 unspecified atom stereocenters. The van der Waals surface area contributed by atoms with Crippen LogP contribution in [-0.4, -0.2) is 65.9 Å². The van der Waals surface area contributed by atoms with Crippen molar-refractivity contribution in [2.75, 3.05) is 54.8 Å². The summed E-state index contributed by atoms with van der Waals surface area (Å²) >= 11 is 18.4. The maximum Gasteiger partial charge on any atom is 0.305 e. The lowest BCUT2D eigenvalue weighted by Gasteiger charge is -2.29. The first kappa shape index (κ1) is 24.6. The Bertz CT molecular complexity index is 899. The Hall–Kier alpha value is -2.00. The lowest BCUT2D eigenvalue weighted by atomic mass is 10.0. The van der Waals surface area contributed by atoms with E-state index in [1.54, 1.807) is 6.07 Å². The topological polar surface area (TPSA) is 96.8 Å². The first-order valence-electron chi connectivity index (χ1n) is 10.3. The number of aromatic nitrogens is 2. The zero-order chi connectivity index (χ0) is 22.9. The van der Waals surface area contributed by atoms with E-state index in [2.05, 4.69) is 20.4 Å². The molecule has 1 fully saturated rings. The summed E-state index contributed by atoms with van der Waals surface area (Å²) in [5, 5.41) is 20.5. The second-order valence-corrected chi connectivity index (χ2v) is 8.25. The Morgan fingerprint density at radius 3 is 2.38 bits per heavy atom. The Morgan fingerprint density at radius 2 is 1.78 bits per heavy atom. The third kappa shape index (κ3) is 6.75. The predicted molar refractivity (Wildman–Crippen MR) is 126 cm³/mol. The van der Waals surface area contributed by atoms with Crippen LogP contribution in [0.4, 0.5) is 11.4 Å². The third-order valence-corrected chi connectivity index (χ3v) is 5.55. The molecule has 1 aliphatic heterocycles. The van der Waals surface area contributed by atoms with E-state index >= 15 is 0 Å². The molecule has 2 aromatic rings. The first-order chi connectivity index (χ1) is 15.5. The number of alkyl halides is 2. The number of hydrogen-bond donors (Lipinski definition) is 2. The summed E-state index contributed by atoms with van der Waals surface area (Å²) < 4.78 is 11.6. The highest BCUT2D eigenvalue weighted by Crippen LogP contribution is 2.35. The Kier molecular flexibility index (Phi) is 9.47. The molecule has 0 aliphatic carbocycles. The van der Waals surface area contributed by atoms with Gasteiger partial charge < -0.3 is 24.8 Å². The van der Waals surface area contributed by atoms with Crippen molar-refractivity contribution in [1.82, 2.24) is 10.2 Å². The number of morpholine rings is 1. The summed E-state index contributed by atoms with van der Waals surface area (Å²) in [5.41, 5.74) is 3.26. The molecule has 1 saturated heterocycles. The van der Waals surface area contributed by atoms with Gasteiger partial charge in [-0.25, -0.2) is 0 Å². The van der Waals surface area contributed by atoms with E-state index in [0.717, 1.165) is 22.5 Å². The molecule has 32 heavy (non-hydrogen) atoms. The van der Waals surface area contributed by atoms with Crippen molar-refractivity contribution in [3.05, 3.63) is 34.5 Å². The molecule has 11 heteroatoms. The van der Waals surface area contributed by atoms with Crippen LogP contribution < -0.4 is 15.0 Å². The molecule has 1 aromatic carbocycles. The molecule has 0 bridgehead atoms. The van der Waals surface area contributed by atoms with Gasteiger partial charge in [-0.1, -0.05) is 11.6 Å². The number of anilines is 2. The molecule has 174 valence electrons. The number of aryl methyl sites for hydroxylation is 2. The van der Waals surface area contributed by atoms with Gasteiger partial charge in [0.1, 0.15) is 5.75 Å².